The number of aromatic nitrogens is 4. The Morgan fingerprint density at radius 3 is 2.81 bits per heavy atom. The quantitative estimate of drug-likeness (QED) is 0.742. The zero-order valence-corrected chi connectivity index (χ0v) is 14.6. The normalized spacial score (nSPS) is 16.2. The van der Waals surface area contributed by atoms with Crippen molar-refractivity contribution >= 4 is 23.5 Å². The largest absolute Gasteiger partial charge is 0.366 e. The van der Waals surface area contributed by atoms with Gasteiger partial charge in [0.1, 0.15) is 6.04 Å². The maximum absolute atomic E-state index is 12.1. The van der Waals surface area contributed by atoms with E-state index in [4.69, 9.17) is 17.3 Å². The fourth-order valence-electron chi connectivity index (χ4n) is 3.03. The first-order valence-corrected chi connectivity index (χ1v) is 8.33. The van der Waals surface area contributed by atoms with Gasteiger partial charge in [0.15, 0.2) is 5.82 Å². The monoisotopic (exact) mass is 366 g/mol. The fraction of sp³-hybridized carbons (Fsp3) is 0.111. The molecule has 26 heavy (non-hydrogen) atoms. The fourth-order valence-corrected chi connectivity index (χ4v) is 3.22. The molecule has 3 aromatic rings. The Morgan fingerprint density at radius 1 is 1.27 bits per heavy atom. The third-order valence-electron chi connectivity index (χ3n) is 4.17. The average Bonchev–Trinajstić information content (AvgIpc) is 3.04. The molecule has 4 rings (SSSR count). The number of allylic oxidation sites excluding steroid dienone is 1. The number of nitrogens with one attached hydrogen (secondary N) is 1. The smallest absolute Gasteiger partial charge is 0.248 e. The van der Waals surface area contributed by atoms with E-state index in [1.54, 1.807) is 29.9 Å². The summed E-state index contributed by atoms with van der Waals surface area (Å²) in [5.74, 6) is 0.476. The highest BCUT2D eigenvalue weighted by Gasteiger charge is 2.34. The van der Waals surface area contributed by atoms with Crippen LogP contribution in [-0.2, 0) is 4.79 Å². The SMILES string of the molecule is CC1=C(C(N)=O)[C@@H](c2ccccn2)n2nc(-c3cccc(Cl)c3)nc2N1. The Bertz CT molecular complexity index is 1030. The van der Waals surface area contributed by atoms with E-state index in [1.807, 2.05) is 30.3 Å². The van der Waals surface area contributed by atoms with Crippen LogP contribution < -0.4 is 11.1 Å². The van der Waals surface area contributed by atoms with Gasteiger partial charge >= 0.3 is 0 Å². The van der Waals surface area contributed by atoms with Gasteiger partial charge < -0.3 is 11.1 Å². The summed E-state index contributed by atoms with van der Waals surface area (Å²) in [5.41, 5.74) is 8.10. The molecule has 7 nitrogen and oxygen atoms in total. The molecule has 0 aliphatic carbocycles. The Morgan fingerprint density at radius 2 is 2.12 bits per heavy atom. The molecule has 0 radical (unpaired) electrons. The molecule has 2 aromatic heterocycles. The van der Waals surface area contributed by atoms with Crippen LogP contribution in [0.1, 0.15) is 18.7 Å². The van der Waals surface area contributed by atoms with Gasteiger partial charge in [0.2, 0.25) is 11.9 Å². The molecule has 1 aliphatic rings. The van der Waals surface area contributed by atoms with Gasteiger partial charge in [-0.05, 0) is 31.2 Å². The van der Waals surface area contributed by atoms with E-state index in [9.17, 15) is 4.79 Å². The van der Waals surface area contributed by atoms with E-state index in [0.29, 0.717) is 33.8 Å². The molecule has 1 amide bonds. The third kappa shape index (κ3) is 2.72. The minimum absolute atomic E-state index is 0.402. The van der Waals surface area contributed by atoms with Crippen molar-refractivity contribution in [1.29, 1.82) is 0 Å². The number of hydrogen-bond donors (Lipinski definition) is 2. The molecule has 0 saturated carbocycles. The summed E-state index contributed by atoms with van der Waals surface area (Å²) in [7, 11) is 0. The van der Waals surface area contributed by atoms with E-state index in [-0.39, 0.29) is 0 Å². The predicted molar refractivity (Wildman–Crippen MR) is 98.4 cm³/mol. The summed E-state index contributed by atoms with van der Waals surface area (Å²) in [5, 5.41) is 8.29. The second kappa shape index (κ2) is 6.27. The van der Waals surface area contributed by atoms with Crippen molar-refractivity contribution in [2.75, 3.05) is 5.32 Å². The highest BCUT2D eigenvalue weighted by molar-refractivity contribution is 6.30. The van der Waals surface area contributed by atoms with Crippen molar-refractivity contribution in [3.63, 3.8) is 0 Å². The van der Waals surface area contributed by atoms with Crippen LogP contribution in [-0.4, -0.2) is 25.7 Å². The van der Waals surface area contributed by atoms with Gasteiger partial charge in [-0.25, -0.2) is 4.68 Å². The van der Waals surface area contributed by atoms with Crippen LogP contribution >= 0.6 is 11.6 Å². The first-order chi connectivity index (χ1) is 12.5. The average molecular weight is 367 g/mol. The lowest BCUT2D eigenvalue weighted by molar-refractivity contribution is -0.115. The van der Waals surface area contributed by atoms with Crippen molar-refractivity contribution in [3.05, 3.63) is 70.6 Å². The molecular formula is C18H15ClN6O. The molecule has 0 unspecified atom stereocenters. The van der Waals surface area contributed by atoms with Gasteiger partial charge in [-0.1, -0.05) is 29.8 Å². The molecule has 0 fully saturated rings. The van der Waals surface area contributed by atoms with Gasteiger partial charge in [0.05, 0.1) is 11.3 Å². The zero-order chi connectivity index (χ0) is 18.3. The second-order valence-electron chi connectivity index (χ2n) is 5.90. The number of rotatable bonds is 3. The van der Waals surface area contributed by atoms with E-state index in [2.05, 4.69) is 20.4 Å². The van der Waals surface area contributed by atoms with Gasteiger partial charge in [0, 0.05) is 22.5 Å². The number of amides is 1. The van der Waals surface area contributed by atoms with Crippen LogP contribution in [0.25, 0.3) is 11.4 Å². The highest BCUT2D eigenvalue weighted by atomic mass is 35.5. The number of halogens is 1. The number of anilines is 1. The standard InChI is InChI=1S/C18H15ClN6O/c1-10-14(16(20)26)15(13-7-2-3-8-21-13)25-18(22-10)23-17(24-25)11-5-4-6-12(19)9-11/h2-9,15H,1H3,(H2,20,26)(H,22,23,24)/t15-/m1/s1. The van der Waals surface area contributed by atoms with Crippen molar-refractivity contribution in [1.82, 2.24) is 19.7 Å². The number of nitrogens with zero attached hydrogens (tertiary/aromatic N) is 4. The molecule has 8 heteroatoms. The summed E-state index contributed by atoms with van der Waals surface area (Å²) in [6.45, 7) is 1.78. The minimum Gasteiger partial charge on any atom is -0.366 e. The Kier molecular flexibility index (Phi) is 3.93. The maximum atomic E-state index is 12.1. The van der Waals surface area contributed by atoms with Crippen molar-refractivity contribution in [2.24, 2.45) is 5.73 Å². The van der Waals surface area contributed by atoms with Crippen molar-refractivity contribution < 1.29 is 4.79 Å². The molecule has 1 atom stereocenters. The number of primary amides is 1. The number of carbonyl (C=O) groups is 1. The minimum atomic E-state index is -0.551. The van der Waals surface area contributed by atoms with Crippen LogP contribution in [0.4, 0.5) is 5.95 Å². The van der Waals surface area contributed by atoms with Gasteiger partial charge in [0.25, 0.3) is 0 Å². The van der Waals surface area contributed by atoms with Gasteiger partial charge in [-0.3, -0.25) is 9.78 Å². The maximum Gasteiger partial charge on any atom is 0.248 e. The van der Waals surface area contributed by atoms with Crippen molar-refractivity contribution in [3.8, 4) is 11.4 Å². The van der Waals surface area contributed by atoms with Crippen LogP contribution in [0.3, 0.4) is 0 Å². The molecule has 3 heterocycles. The molecule has 0 bridgehead atoms. The number of carbonyl (C=O) groups excluding carboxylic acids is 1. The van der Waals surface area contributed by atoms with Gasteiger partial charge in [-0.15, -0.1) is 5.10 Å². The molecule has 3 N–H and O–H groups in total. The first-order valence-electron chi connectivity index (χ1n) is 7.95. The van der Waals surface area contributed by atoms with E-state index in [0.717, 1.165) is 5.56 Å². The number of hydrogen-bond acceptors (Lipinski definition) is 5. The molecule has 0 saturated heterocycles. The molecular weight excluding hydrogens is 352 g/mol. The second-order valence-corrected chi connectivity index (χ2v) is 6.34. The van der Waals surface area contributed by atoms with Crippen LogP contribution in [0, 0.1) is 0 Å². The summed E-state index contributed by atoms with van der Waals surface area (Å²) < 4.78 is 1.63. The molecule has 1 aliphatic heterocycles. The van der Waals surface area contributed by atoms with E-state index in [1.165, 1.54) is 0 Å². The van der Waals surface area contributed by atoms with Crippen molar-refractivity contribution in [2.45, 2.75) is 13.0 Å². The Hall–Kier alpha value is -3.19. The number of nitrogens with two attached hydrogens (primary N) is 1. The summed E-state index contributed by atoms with van der Waals surface area (Å²) in [4.78, 5) is 21.0. The highest BCUT2D eigenvalue weighted by Crippen LogP contribution is 2.35. The molecule has 130 valence electrons. The number of fused-ring (bicyclic) bond motifs is 1. The number of pyridine rings is 1. The summed E-state index contributed by atoms with van der Waals surface area (Å²) in [6, 6.07) is 12.2. The molecule has 1 aromatic carbocycles. The van der Waals surface area contributed by atoms with E-state index < -0.39 is 11.9 Å². The lowest BCUT2D eigenvalue weighted by Crippen LogP contribution is -2.32. The first kappa shape index (κ1) is 16.3. The third-order valence-corrected chi connectivity index (χ3v) is 4.40. The Labute approximate surface area is 154 Å². The van der Waals surface area contributed by atoms with E-state index >= 15 is 0 Å². The molecule has 0 spiro atoms. The Balaban J connectivity index is 1.89. The number of benzene rings is 1. The van der Waals surface area contributed by atoms with Gasteiger partial charge in [-0.2, -0.15) is 4.98 Å². The summed E-state index contributed by atoms with van der Waals surface area (Å²) >= 11 is 6.08. The van der Waals surface area contributed by atoms with Crippen LogP contribution in [0.15, 0.2) is 59.9 Å². The summed E-state index contributed by atoms with van der Waals surface area (Å²) in [6.07, 6.45) is 1.67. The topological polar surface area (TPSA) is 98.7 Å². The van der Waals surface area contributed by atoms with Crippen LogP contribution in [0.5, 0.6) is 0 Å². The predicted octanol–water partition coefficient (Wildman–Crippen LogP) is 2.77. The zero-order valence-electron chi connectivity index (χ0n) is 13.8. The lowest BCUT2D eigenvalue weighted by Gasteiger charge is -2.26. The lowest BCUT2D eigenvalue weighted by atomic mass is 9.99. The van der Waals surface area contributed by atoms with Crippen LogP contribution in [0.2, 0.25) is 5.02 Å².